The van der Waals surface area contributed by atoms with Crippen LogP contribution >= 0.6 is 0 Å². The van der Waals surface area contributed by atoms with E-state index in [1.54, 1.807) is 25.3 Å². The molecular formula is C19H27NO5. The second-order valence-electron chi connectivity index (χ2n) is 6.50. The summed E-state index contributed by atoms with van der Waals surface area (Å²) in [5.41, 5.74) is 0.397. The molecule has 6 heteroatoms. The summed E-state index contributed by atoms with van der Waals surface area (Å²) in [6, 6.07) is 5.36. The minimum Gasteiger partial charge on any atom is -0.493 e. The molecule has 138 valence electrons. The summed E-state index contributed by atoms with van der Waals surface area (Å²) < 4.78 is 15.8. The number of esters is 1. The highest BCUT2D eigenvalue weighted by Gasteiger charge is 2.14. The van der Waals surface area contributed by atoms with Crippen molar-refractivity contribution in [2.24, 2.45) is 0 Å². The Balaban J connectivity index is 2.59. The largest absolute Gasteiger partial charge is 0.493 e. The molecule has 0 aromatic heterocycles. The van der Waals surface area contributed by atoms with Crippen molar-refractivity contribution >= 4 is 18.0 Å². The summed E-state index contributed by atoms with van der Waals surface area (Å²) in [4.78, 5) is 23.3. The van der Waals surface area contributed by atoms with Gasteiger partial charge < -0.3 is 19.5 Å². The zero-order valence-corrected chi connectivity index (χ0v) is 15.5. The third-order valence-electron chi connectivity index (χ3n) is 2.92. The molecule has 0 saturated heterocycles. The number of benzene rings is 1. The molecule has 0 unspecified atom stereocenters. The molecule has 0 aliphatic carbocycles. The van der Waals surface area contributed by atoms with Crippen molar-refractivity contribution in [1.29, 1.82) is 0 Å². The Kier molecular flexibility index (Phi) is 7.98. The Labute approximate surface area is 149 Å². The van der Waals surface area contributed by atoms with Crippen molar-refractivity contribution in [3.8, 4) is 11.5 Å². The summed E-state index contributed by atoms with van der Waals surface area (Å²) in [6.07, 6.45) is 3.77. The summed E-state index contributed by atoms with van der Waals surface area (Å²) in [6.45, 7) is 7.88. The smallest absolute Gasteiger partial charge is 0.331 e. The van der Waals surface area contributed by atoms with Gasteiger partial charge in [-0.3, -0.25) is 4.79 Å². The number of ether oxygens (including phenoxy) is 3. The maximum Gasteiger partial charge on any atom is 0.331 e. The first kappa shape index (κ1) is 20.5. The first-order chi connectivity index (χ1) is 11.7. The fourth-order valence-corrected chi connectivity index (χ4v) is 1.92. The first-order valence-electron chi connectivity index (χ1n) is 8.22. The van der Waals surface area contributed by atoms with Crippen LogP contribution in [-0.2, 0) is 14.3 Å². The molecular weight excluding hydrogens is 322 g/mol. The fraction of sp³-hybridized carbons (Fsp3) is 0.474. The molecule has 1 rings (SSSR count). The third-order valence-corrected chi connectivity index (χ3v) is 2.92. The second kappa shape index (κ2) is 9.71. The van der Waals surface area contributed by atoms with Gasteiger partial charge in [-0.15, -0.1) is 0 Å². The summed E-state index contributed by atoms with van der Waals surface area (Å²) in [5, 5.41) is 2.72. The normalized spacial score (nSPS) is 11.2. The SMILES string of the molecule is CCCOc1ccc(/C=C/C(=O)OCC(=O)NC(C)(C)C)cc1OC. The molecule has 0 radical (unpaired) electrons. The van der Waals surface area contributed by atoms with E-state index in [2.05, 4.69) is 5.32 Å². The van der Waals surface area contributed by atoms with Crippen molar-refractivity contribution in [3.63, 3.8) is 0 Å². The van der Waals surface area contributed by atoms with E-state index in [1.807, 2.05) is 33.8 Å². The number of carbonyl (C=O) groups is 2. The molecule has 0 atom stereocenters. The summed E-state index contributed by atoms with van der Waals surface area (Å²) in [5.74, 6) is 0.319. The van der Waals surface area contributed by atoms with Gasteiger partial charge in [0, 0.05) is 11.6 Å². The quantitative estimate of drug-likeness (QED) is 0.577. The number of hydrogen-bond acceptors (Lipinski definition) is 5. The number of methoxy groups -OCH3 is 1. The number of amides is 1. The van der Waals surface area contributed by atoms with Gasteiger partial charge in [-0.05, 0) is 51.0 Å². The van der Waals surface area contributed by atoms with E-state index >= 15 is 0 Å². The molecule has 0 aliphatic heterocycles. The van der Waals surface area contributed by atoms with E-state index in [0.29, 0.717) is 18.1 Å². The maximum atomic E-state index is 11.7. The first-order valence-corrected chi connectivity index (χ1v) is 8.22. The van der Waals surface area contributed by atoms with Crippen LogP contribution in [0.3, 0.4) is 0 Å². The van der Waals surface area contributed by atoms with E-state index in [9.17, 15) is 9.59 Å². The van der Waals surface area contributed by atoms with Gasteiger partial charge >= 0.3 is 5.97 Å². The van der Waals surface area contributed by atoms with Gasteiger partial charge in [0.25, 0.3) is 5.91 Å². The molecule has 1 N–H and O–H groups in total. The van der Waals surface area contributed by atoms with Crippen molar-refractivity contribution in [2.75, 3.05) is 20.3 Å². The number of rotatable bonds is 8. The highest BCUT2D eigenvalue weighted by atomic mass is 16.5. The van der Waals surface area contributed by atoms with Gasteiger partial charge in [-0.2, -0.15) is 0 Å². The van der Waals surface area contributed by atoms with Gasteiger partial charge in [-0.1, -0.05) is 13.0 Å². The Morgan fingerprint density at radius 3 is 2.52 bits per heavy atom. The number of hydrogen-bond donors (Lipinski definition) is 1. The number of carbonyl (C=O) groups excluding carboxylic acids is 2. The van der Waals surface area contributed by atoms with Crippen LogP contribution in [0, 0.1) is 0 Å². The predicted octanol–water partition coefficient (Wildman–Crippen LogP) is 2.96. The zero-order chi connectivity index (χ0) is 18.9. The number of nitrogens with one attached hydrogen (secondary N) is 1. The van der Waals surface area contributed by atoms with Gasteiger partial charge in [0.05, 0.1) is 13.7 Å². The van der Waals surface area contributed by atoms with Crippen molar-refractivity contribution in [2.45, 2.75) is 39.7 Å². The summed E-state index contributed by atoms with van der Waals surface area (Å²) >= 11 is 0. The Morgan fingerprint density at radius 1 is 1.20 bits per heavy atom. The minimum atomic E-state index is -0.589. The summed E-state index contributed by atoms with van der Waals surface area (Å²) in [7, 11) is 1.56. The van der Waals surface area contributed by atoms with Gasteiger partial charge in [-0.25, -0.2) is 4.79 Å². The Hall–Kier alpha value is -2.50. The molecule has 0 fully saturated rings. The van der Waals surface area contributed by atoms with Gasteiger partial charge in [0.2, 0.25) is 0 Å². The van der Waals surface area contributed by atoms with Crippen LogP contribution in [-0.4, -0.2) is 37.7 Å². The maximum absolute atomic E-state index is 11.7. The van der Waals surface area contributed by atoms with Crippen LogP contribution in [0.5, 0.6) is 11.5 Å². The minimum absolute atomic E-state index is 0.312. The van der Waals surface area contributed by atoms with Crippen LogP contribution in [0.4, 0.5) is 0 Å². The molecule has 1 amide bonds. The van der Waals surface area contributed by atoms with Crippen LogP contribution < -0.4 is 14.8 Å². The average Bonchev–Trinajstić information content (AvgIpc) is 2.55. The van der Waals surface area contributed by atoms with Crippen LogP contribution in [0.25, 0.3) is 6.08 Å². The lowest BCUT2D eigenvalue weighted by molar-refractivity contribution is -0.144. The molecule has 6 nitrogen and oxygen atoms in total. The lowest BCUT2D eigenvalue weighted by Crippen LogP contribution is -2.42. The zero-order valence-electron chi connectivity index (χ0n) is 15.5. The lowest BCUT2D eigenvalue weighted by Gasteiger charge is -2.20. The van der Waals surface area contributed by atoms with Crippen LogP contribution in [0.15, 0.2) is 24.3 Å². The molecule has 0 bridgehead atoms. The molecule has 0 heterocycles. The second-order valence-corrected chi connectivity index (χ2v) is 6.50. The van der Waals surface area contributed by atoms with E-state index in [1.165, 1.54) is 6.08 Å². The molecule has 0 aliphatic rings. The Morgan fingerprint density at radius 2 is 1.92 bits per heavy atom. The van der Waals surface area contributed by atoms with Crippen LogP contribution in [0.2, 0.25) is 0 Å². The van der Waals surface area contributed by atoms with Gasteiger partial charge in [0.15, 0.2) is 18.1 Å². The standard InChI is InChI=1S/C19H27NO5/c1-6-11-24-15-9-7-14(12-16(15)23-5)8-10-18(22)25-13-17(21)20-19(2,3)4/h7-10,12H,6,11,13H2,1-5H3,(H,20,21)/b10-8+. The van der Waals surface area contributed by atoms with Gasteiger partial charge in [0.1, 0.15) is 0 Å². The highest BCUT2D eigenvalue weighted by Crippen LogP contribution is 2.28. The van der Waals surface area contributed by atoms with E-state index in [-0.39, 0.29) is 18.1 Å². The van der Waals surface area contributed by atoms with Crippen molar-refractivity contribution < 1.29 is 23.8 Å². The van der Waals surface area contributed by atoms with Crippen LogP contribution in [0.1, 0.15) is 39.7 Å². The highest BCUT2D eigenvalue weighted by molar-refractivity contribution is 5.89. The average molecular weight is 349 g/mol. The van der Waals surface area contributed by atoms with E-state index < -0.39 is 5.97 Å². The molecule has 1 aromatic carbocycles. The third kappa shape index (κ3) is 8.24. The monoisotopic (exact) mass is 349 g/mol. The topological polar surface area (TPSA) is 73.9 Å². The fourth-order valence-electron chi connectivity index (χ4n) is 1.92. The molecule has 0 saturated carbocycles. The lowest BCUT2D eigenvalue weighted by atomic mass is 10.1. The predicted molar refractivity (Wildman–Crippen MR) is 96.7 cm³/mol. The Bertz CT molecular complexity index is 617. The molecule has 0 spiro atoms. The van der Waals surface area contributed by atoms with E-state index in [4.69, 9.17) is 14.2 Å². The molecule has 25 heavy (non-hydrogen) atoms. The molecule has 1 aromatic rings. The van der Waals surface area contributed by atoms with Crippen molar-refractivity contribution in [3.05, 3.63) is 29.8 Å². The van der Waals surface area contributed by atoms with E-state index in [0.717, 1.165) is 12.0 Å². The van der Waals surface area contributed by atoms with Crippen molar-refractivity contribution in [1.82, 2.24) is 5.32 Å².